The van der Waals surface area contributed by atoms with E-state index in [2.05, 4.69) is 32.9 Å². The summed E-state index contributed by atoms with van der Waals surface area (Å²) in [6, 6.07) is 2.18. The van der Waals surface area contributed by atoms with Crippen molar-refractivity contribution < 1.29 is 0 Å². The zero-order valence-corrected chi connectivity index (χ0v) is 10.9. The number of hydrogen-bond acceptors (Lipinski definition) is 3. The van der Waals surface area contributed by atoms with Crippen LogP contribution in [0.3, 0.4) is 0 Å². The molecule has 3 rings (SSSR count). The van der Waals surface area contributed by atoms with Crippen molar-refractivity contribution in [3.05, 3.63) is 34.9 Å². The van der Waals surface area contributed by atoms with Crippen LogP contribution in [0.4, 0.5) is 0 Å². The zero-order valence-electron chi connectivity index (χ0n) is 10.9. The summed E-state index contributed by atoms with van der Waals surface area (Å²) in [6.45, 7) is 3.71. The van der Waals surface area contributed by atoms with Crippen molar-refractivity contribution in [2.75, 3.05) is 0 Å². The van der Waals surface area contributed by atoms with Gasteiger partial charge in [0, 0.05) is 43.5 Å². The first-order valence-corrected chi connectivity index (χ1v) is 6.46. The molecule has 1 aliphatic carbocycles. The van der Waals surface area contributed by atoms with Crippen LogP contribution in [0.1, 0.15) is 41.4 Å². The van der Waals surface area contributed by atoms with E-state index >= 15 is 0 Å². The largest absolute Gasteiger partial charge is 0.307 e. The zero-order chi connectivity index (χ0) is 12.5. The predicted octanol–water partition coefficient (Wildman–Crippen LogP) is 1.62. The molecule has 0 bridgehead atoms. The Morgan fingerprint density at radius 1 is 1.44 bits per heavy atom. The molecule has 0 spiro atoms. The molecule has 5 heteroatoms. The van der Waals surface area contributed by atoms with E-state index in [1.807, 2.05) is 18.7 Å². The molecule has 1 fully saturated rings. The van der Waals surface area contributed by atoms with E-state index in [1.165, 1.54) is 29.8 Å². The lowest BCUT2D eigenvalue weighted by atomic mass is 10.2. The van der Waals surface area contributed by atoms with E-state index in [4.69, 9.17) is 0 Å². The number of nitrogens with zero attached hydrogens (tertiary/aromatic N) is 3. The Kier molecular flexibility index (Phi) is 2.91. The summed E-state index contributed by atoms with van der Waals surface area (Å²) in [5, 5.41) is 15.2. The number of aryl methyl sites for hydroxylation is 2. The van der Waals surface area contributed by atoms with Gasteiger partial charge in [-0.15, -0.1) is 0 Å². The number of H-pyrrole nitrogens is 1. The normalized spacial score (nSPS) is 15.2. The Labute approximate surface area is 107 Å². The molecular formula is C13H19N5. The number of aromatic nitrogens is 4. The van der Waals surface area contributed by atoms with Gasteiger partial charge in [-0.05, 0) is 25.8 Å². The second-order valence-electron chi connectivity index (χ2n) is 5.11. The second-order valence-corrected chi connectivity index (χ2v) is 5.11. The fourth-order valence-corrected chi connectivity index (χ4v) is 2.21. The molecule has 2 aromatic rings. The Morgan fingerprint density at radius 2 is 2.28 bits per heavy atom. The molecule has 0 amide bonds. The Hall–Kier alpha value is -1.62. The topological polar surface area (TPSA) is 58.5 Å². The average Bonchev–Trinajstić information content (AvgIpc) is 2.99. The molecule has 0 aliphatic heterocycles. The first-order chi connectivity index (χ1) is 8.72. The number of nitrogens with one attached hydrogen (secondary N) is 2. The van der Waals surface area contributed by atoms with E-state index in [0.29, 0.717) is 0 Å². The van der Waals surface area contributed by atoms with Crippen molar-refractivity contribution in [1.82, 2.24) is 25.3 Å². The van der Waals surface area contributed by atoms with E-state index < -0.39 is 0 Å². The highest BCUT2D eigenvalue weighted by atomic mass is 15.3. The SMILES string of the molecule is Cc1nn(C)cc1CNCc1cc(C2CC2)n[nH]1. The Bertz CT molecular complexity index is 535. The highest BCUT2D eigenvalue weighted by molar-refractivity contribution is 5.18. The molecule has 2 heterocycles. The molecule has 0 atom stereocenters. The second kappa shape index (κ2) is 4.57. The molecule has 2 aromatic heterocycles. The summed E-state index contributed by atoms with van der Waals surface area (Å²) in [4.78, 5) is 0. The highest BCUT2D eigenvalue weighted by Crippen LogP contribution is 2.38. The Balaban J connectivity index is 1.52. The van der Waals surface area contributed by atoms with Gasteiger partial charge in [0.05, 0.1) is 11.4 Å². The minimum Gasteiger partial charge on any atom is -0.307 e. The van der Waals surface area contributed by atoms with Crippen molar-refractivity contribution in [1.29, 1.82) is 0 Å². The molecule has 1 aliphatic rings. The van der Waals surface area contributed by atoms with Gasteiger partial charge in [-0.2, -0.15) is 10.2 Å². The van der Waals surface area contributed by atoms with E-state index in [0.717, 1.165) is 24.7 Å². The first kappa shape index (κ1) is 11.5. The fraction of sp³-hybridized carbons (Fsp3) is 0.538. The molecule has 0 radical (unpaired) electrons. The van der Waals surface area contributed by atoms with Crippen LogP contribution in [0.5, 0.6) is 0 Å². The predicted molar refractivity (Wildman–Crippen MR) is 69.1 cm³/mol. The lowest BCUT2D eigenvalue weighted by molar-refractivity contribution is 0.674. The maximum Gasteiger partial charge on any atom is 0.0656 e. The molecule has 0 unspecified atom stereocenters. The summed E-state index contributed by atoms with van der Waals surface area (Å²) in [5.41, 5.74) is 4.73. The van der Waals surface area contributed by atoms with Gasteiger partial charge in [0.25, 0.3) is 0 Å². The van der Waals surface area contributed by atoms with Gasteiger partial charge in [-0.3, -0.25) is 9.78 Å². The van der Waals surface area contributed by atoms with Gasteiger partial charge < -0.3 is 5.32 Å². The average molecular weight is 245 g/mol. The minimum absolute atomic E-state index is 0.718. The minimum atomic E-state index is 0.718. The van der Waals surface area contributed by atoms with Crippen molar-refractivity contribution in [3.63, 3.8) is 0 Å². The molecule has 96 valence electrons. The lowest BCUT2D eigenvalue weighted by Gasteiger charge is -2.01. The molecule has 0 aromatic carbocycles. The first-order valence-electron chi connectivity index (χ1n) is 6.46. The van der Waals surface area contributed by atoms with Gasteiger partial charge in [-0.25, -0.2) is 0 Å². The molecule has 5 nitrogen and oxygen atoms in total. The summed E-state index contributed by atoms with van der Waals surface area (Å²) in [5.74, 6) is 0.718. The summed E-state index contributed by atoms with van der Waals surface area (Å²) < 4.78 is 1.85. The fourth-order valence-electron chi connectivity index (χ4n) is 2.21. The smallest absolute Gasteiger partial charge is 0.0656 e. The maximum absolute atomic E-state index is 4.34. The van der Waals surface area contributed by atoms with Crippen molar-refractivity contribution >= 4 is 0 Å². The van der Waals surface area contributed by atoms with Crippen LogP contribution in [0.25, 0.3) is 0 Å². The highest BCUT2D eigenvalue weighted by Gasteiger charge is 2.25. The molecule has 0 saturated heterocycles. The van der Waals surface area contributed by atoms with Crippen LogP contribution in [0, 0.1) is 6.92 Å². The van der Waals surface area contributed by atoms with Crippen molar-refractivity contribution in [2.24, 2.45) is 7.05 Å². The van der Waals surface area contributed by atoms with Gasteiger partial charge in [0.15, 0.2) is 0 Å². The summed E-state index contributed by atoms with van der Waals surface area (Å²) >= 11 is 0. The van der Waals surface area contributed by atoms with Crippen LogP contribution in [0.2, 0.25) is 0 Å². The summed E-state index contributed by atoms with van der Waals surface area (Å²) in [6.07, 6.45) is 4.66. The summed E-state index contributed by atoms with van der Waals surface area (Å²) in [7, 11) is 1.95. The van der Waals surface area contributed by atoms with Crippen LogP contribution >= 0.6 is 0 Å². The van der Waals surface area contributed by atoms with Crippen LogP contribution in [0.15, 0.2) is 12.3 Å². The van der Waals surface area contributed by atoms with Gasteiger partial charge in [-0.1, -0.05) is 0 Å². The lowest BCUT2D eigenvalue weighted by Crippen LogP contribution is -2.13. The van der Waals surface area contributed by atoms with Crippen molar-refractivity contribution in [2.45, 2.75) is 38.8 Å². The number of rotatable bonds is 5. The monoisotopic (exact) mass is 245 g/mol. The standard InChI is InChI=1S/C13H19N5/c1-9-11(8-18(2)17-9)6-14-7-12-5-13(16-15-12)10-3-4-10/h5,8,10,14H,3-4,6-7H2,1-2H3,(H,15,16). The molecule has 18 heavy (non-hydrogen) atoms. The third-order valence-corrected chi connectivity index (χ3v) is 3.39. The van der Waals surface area contributed by atoms with Gasteiger partial charge >= 0.3 is 0 Å². The van der Waals surface area contributed by atoms with E-state index in [-0.39, 0.29) is 0 Å². The number of hydrogen-bond donors (Lipinski definition) is 2. The maximum atomic E-state index is 4.34. The van der Waals surface area contributed by atoms with Crippen LogP contribution in [-0.2, 0) is 20.1 Å². The molecule has 2 N–H and O–H groups in total. The van der Waals surface area contributed by atoms with Crippen LogP contribution < -0.4 is 5.32 Å². The van der Waals surface area contributed by atoms with Crippen molar-refractivity contribution in [3.8, 4) is 0 Å². The van der Waals surface area contributed by atoms with E-state index in [1.54, 1.807) is 0 Å². The quantitative estimate of drug-likeness (QED) is 0.841. The third kappa shape index (κ3) is 2.46. The van der Waals surface area contributed by atoms with Crippen LogP contribution in [-0.4, -0.2) is 20.0 Å². The molecular weight excluding hydrogens is 226 g/mol. The Morgan fingerprint density at radius 3 is 2.94 bits per heavy atom. The van der Waals surface area contributed by atoms with Gasteiger partial charge in [0.2, 0.25) is 0 Å². The van der Waals surface area contributed by atoms with E-state index in [9.17, 15) is 0 Å². The number of aromatic amines is 1. The van der Waals surface area contributed by atoms with Gasteiger partial charge in [0.1, 0.15) is 0 Å². The molecule has 1 saturated carbocycles. The third-order valence-electron chi connectivity index (χ3n) is 3.39.